The Morgan fingerprint density at radius 1 is 1.32 bits per heavy atom. The fourth-order valence-electron chi connectivity index (χ4n) is 2.02. The minimum Gasteiger partial charge on any atom is -0.441 e. The van der Waals surface area contributed by atoms with Crippen molar-refractivity contribution in [2.24, 2.45) is 0 Å². The molecule has 0 spiro atoms. The molecule has 0 aliphatic heterocycles. The highest BCUT2D eigenvalue weighted by Gasteiger charge is 2.08. The van der Waals surface area contributed by atoms with Crippen LogP contribution in [0.1, 0.15) is 25.7 Å². The highest BCUT2D eigenvalue weighted by Crippen LogP contribution is 2.20. The van der Waals surface area contributed by atoms with Crippen LogP contribution in [0.15, 0.2) is 40.9 Å². The maximum absolute atomic E-state index is 11.7. The lowest BCUT2D eigenvalue weighted by Gasteiger charge is -2.04. The van der Waals surface area contributed by atoms with Crippen LogP contribution in [0, 0.1) is 0 Å². The largest absolute Gasteiger partial charge is 0.441 e. The minimum absolute atomic E-state index is 0.0101. The Morgan fingerprint density at radius 3 is 2.91 bits per heavy atom. The topological polar surface area (TPSA) is 64.4 Å². The van der Waals surface area contributed by atoms with Crippen molar-refractivity contribution in [1.29, 1.82) is 0 Å². The van der Waals surface area contributed by atoms with Crippen molar-refractivity contribution in [3.05, 3.63) is 42.4 Å². The number of nitrogens with zero attached hydrogens (tertiary/aromatic N) is 1. The molecule has 1 amide bonds. The zero-order chi connectivity index (χ0) is 15.6. The summed E-state index contributed by atoms with van der Waals surface area (Å²) in [4.78, 5) is 15.9. The standard InChI is InChI=1S/C17H22N2O3/c1-2-21-12-6-11-18-16(20)9-10-17-19-13-15(22-17)14-7-4-3-5-8-14/h3-5,7-8,13H,2,6,9-12H2,1H3,(H,18,20). The third-order valence-electron chi connectivity index (χ3n) is 3.17. The Hall–Kier alpha value is -2.14. The summed E-state index contributed by atoms with van der Waals surface area (Å²) in [5.41, 5.74) is 0.988. The fraction of sp³-hybridized carbons (Fsp3) is 0.412. The van der Waals surface area contributed by atoms with Crippen LogP contribution in [-0.4, -0.2) is 30.6 Å². The lowest BCUT2D eigenvalue weighted by molar-refractivity contribution is -0.121. The van der Waals surface area contributed by atoms with E-state index in [0.29, 0.717) is 38.5 Å². The molecule has 2 aromatic rings. The summed E-state index contributed by atoms with van der Waals surface area (Å²) in [7, 11) is 0. The van der Waals surface area contributed by atoms with Gasteiger partial charge in [-0.3, -0.25) is 4.79 Å². The molecule has 0 aliphatic rings. The maximum Gasteiger partial charge on any atom is 0.220 e. The SMILES string of the molecule is CCOCCCNC(=O)CCc1ncc(-c2ccccc2)o1. The van der Waals surface area contributed by atoms with E-state index in [1.165, 1.54) is 0 Å². The van der Waals surface area contributed by atoms with Gasteiger partial charge >= 0.3 is 0 Å². The number of carbonyl (C=O) groups is 1. The summed E-state index contributed by atoms with van der Waals surface area (Å²) in [5, 5.41) is 2.86. The molecule has 0 saturated heterocycles. The zero-order valence-corrected chi connectivity index (χ0v) is 12.9. The van der Waals surface area contributed by atoms with Crippen LogP contribution in [0.25, 0.3) is 11.3 Å². The number of hydrogen-bond acceptors (Lipinski definition) is 4. The first kappa shape index (κ1) is 16.2. The summed E-state index contributed by atoms with van der Waals surface area (Å²) in [6, 6.07) is 9.79. The quantitative estimate of drug-likeness (QED) is 0.723. The second-order valence-corrected chi connectivity index (χ2v) is 4.88. The molecule has 5 nitrogen and oxygen atoms in total. The Kier molecular flexibility index (Phi) is 6.64. The average Bonchev–Trinajstić information content (AvgIpc) is 3.02. The van der Waals surface area contributed by atoms with Crippen LogP contribution < -0.4 is 5.32 Å². The molecule has 0 unspecified atom stereocenters. The van der Waals surface area contributed by atoms with E-state index in [1.54, 1.807) is 6.20 Å². The normalized spacial score (nSPS) is 10.6. The van der Waals surface area contributed by atoms with Crippen LogP contribution in [0.3, 0.4) is 0 Å². The summed E-state index contributed by atoms with van der Waals surface area (Å²) < 4.78 is 10.9. The molecule has 2 rings (SSSR count). The van der Waals surface area contributed by atoms with Gasteiger partial charge in [-0.1, -0.05) is 30.3 Å². The Morgan fingerprint density at radius 2 is 2.14 bits per heavy atom. The first-order chi connectivity index (χ1) is 10.8. The van der Waals surface area contributed by atoms with Crippen molar-refractivity contribution >= 4 is 5.91 Å². The van der Waals surface area contributed by atoms with Crippen LogP contribution in [-0.2, 0) is 16.0 Å². The molecular weight excluding hydrogens is 280 g/mol. The smallest absolute Gasteiger partial charge is 0.220 e. The lowest BCUT2D eigenvalue weighted by Crippen LogP contribution is -2.25. The Bertz CT molecular complexity index is 566. The number of ether oxygens (including phenoxy) is 1. The van der Waals surface area contributed by atoms with E-state index in [2.05, 4.69) is 10.3 Å². The zero-order valence-electron chi connectivity index (χ0n) is 12.9. The highest BCUT2D eigenvalue weighted by molar-refractivity contribution is 5.75. The van der Waals surface area contributed by atoms with Gasteiger partial charge in [0, 0.05) is 38.2 Å². The number of rotatable bonds is 9. The Labute approximate surface area is 130 Å². The van der Waals surface area contributed by atoms with Crippen LogP contribution in [0.4, 0.5) is 0 Å². The van der Waals surface area contributed by atoms with Gasteiger partial charge in [-0.2, -0.15) is 0 Å². The molecule has 1 N–H and O–H groups in total. The van der Waals surface area contributed by atoms with Gasteiger partial charge in [-0.25, -0.2) is 4.98 Å². The van der Waals surface area contributed by atoms with E-state index in [9.17, 15) is 4.79 Å². The number of aromatic nitrogens is 1. The van der Waals surface area contributed by atoms with Gasteiger partial charge in [0.2, 0.25) is 5.91 Å². The number of carbonyl (C=O) groups excluding carboxylic acids is 1. The summed E-state index contributed by atoms with van der Waals surface area (Å²) >= 11 is 0. The summed E-state index contributed by atoms with van der Waals surface area (Å²) in [5.74, 6) is 1.33. The molecule has 0 radical (unpaired) electrons. The van der Waals surface area contributed by atoms with Crippen LogP contribution in [0.5, 0.6) is 0 Å². The van der Waals surface area contributed by atoms with E-state index in [4.69, 9.17) is 9.15 Å². The molecule has 0 bridgehead atoms. The Balaban J connectivity index is 1.71. The number of oxazole rings is 1. The van der Waals surface area contributed by atoms with Gasteiger partial charge in [0.25, 0.3) is 0 Å². The molecular formula is C17H22N2O3. The van der Waals surface area contributed by atoms with Gasteiger partial charge < -0.3 is 14.5 Å². The van der Waals surface area contributed by atoms with Crippen LogP contribution in [0.2, 0.25) is 0 Å². The second kappa shape index (κ2) is 9.00. The molecule has 0 atom stereocenters. The van der Waals surface area contributed by atoms with E-state index in [-0.39, 0.29) is 5.91 Å². The van der Waals surface area contributed by atoms with Gasteiger partial charge in [-0.05, 0) is 13.3 Å². The number of nitrogens with one attached hydrogen (secondary N) is 1. The first-order valence-electron chi connectivity index (χ1n) is 7.64. The number of hydrogen-bond donors (Lipinski definition) is 1. The average molecular weight is 302 g/mol. The van der Waals surface area contributed by atoms with Crippen molar-refractivity contribution in [1.82, 2.24) is 10.3 Å². The van der Waals surface area contributed by atoms with Crippen molar-refractivity contribution in [3.8, 4) is 11.3 Å². The van der Waals surface area contributed by atoms with E-state index in [1.807, 2.05) is 37.3 Å². The van der Waals surface area contributed by atoms with E-state index < -0.39 is 0 Å². The maximum atomic E-state index is 11.7. The molecule has 118 valence electrons. The van der Waals surface area contributed by atoms with Gasteiger partial charge in [0.1, 0.15) is 0 Å². The number of benzene rings is 1. The van der Waals surface area contributed by atoms with Crippen molar-refractivity contribution in [2.45, 2.75) is 26.2 Å². The van der Waals surface area contributed by atoms with E-state index >= 15 is 0 Å². The lowest BCUT2D eigenvalue weighted by atomic mass is 10.2. The predicted octanol–water partition coefficient (Wildman–Crippen LogP) is 2.82. The first-order valence-corrected chi connectivity index (χ1v) is 7.64. The molecule has 22 heavy (non-hydrogen) atoms. The molecule has 0 fully saturated rings. The van der Waals surface area contributed by atoms with Crippen molar-refractivity contribution in [2.75, 3.05) is 19.8 Å². The highest BCUT2D eigenvalue weighted by atomic mass is 16.5. The molecule has 0 saturated carbocycles. The summed E-state index contributed by atoms with van der Waals surface area (Å²) in [6.45, 7) is 3.98. The molecule has 0 aliphatic carbocycles. The molecule has 1 aromatic heterocycles. The summed E-state index contributed by atoms with van der Waals surface area (Å²) in [6.07, 6.45) is 3.41. The van der Waals surface area contributed by atoms with Gasteiger partial charge in [-0.15, -0.1) is 0 Å². The van der Waals surface area contributed by atoms with Crippen LogP contribution >= 0.6 is 0 Å². The van der Waals surface area contributed by atoms with Crippen molar-refractivity contribution < 1.29 is 13.9 Å². The van der Waals surface area contributed by atoms with Gasteiger partial charge in [0.15, 0.2) is 11.7 Å². The third kappa shape index (κ3) is 5.33. The fourth-order valence-corrected chi connectivity index (χ4v) is 2.02. The molecule has 1 aromatic carbocycles. The number of amides is 1. The van der Waals surface area contributed by atoms with Gasteiger partial charge in [0.05, 0.1) is 6.20 Å². The molecule has 5 heteroatoms. The van der Waals surface area contributed by atoms with E-state index in [0.717, 1.165) is 17.7 Å². The molecule has 1 heterocycles. The third-order valence-corrected chi connectivity index (χ3v) is 3.17. The van der Waals surface area contributed by atoms with Crippen molar-refractivity contribution in [3.63, 3.8) is 0 Å². The second-order valence-electron chi connectivity index (χ2n) is 4.88. The predicted molar refractivity (Wildman–Crippen MR) is 84.4 cm³/mol. The minimum atomic E-state index is 0.0101. The number of aryl methyl sites for hydroxylation is 1. The monoisotopic (exact) mass is 302 g/mol.